The Morgan fingerprint density at radius 3 is 2.61 bits per heavy atom. The van der Waals surface area contributed by atoms with Crippen molar-refractivity contribution in [2.45, 2.75) is 32.4 Å². The van der Waals surface area contributed by atoms with E-state index in [9.17, 15) is 4.79 Å². The van der Waals surface area contributed by atoms with Crippen LogP contribution < -0.4 is 10.1 Å². The van der Waals surface area contributed by atoms with Gasteiger partial charge in [-0.05, 0) is 30.7 Å². The molecule has 1 N–H and O–H groups in total. The molecule has 1 saturated carbocycles. The zero-order chi connectivity index (χ0) is 19.7. The van der Waals surface area contributed by atoms with Crippen LogP contribution in [-0.2, 0) is 4.74 Å². The van der Waals surface area contributed by atoms with Crippen molar-refractivity contribution in [2.75, 3.05) is 53.0 Å². The van der Waals surface area contributed by atoms with Gasteiger partial charge in [0, 0.05) is 68.8 Å². The number of amides is 1. The molecule has 3 aliphatic rings. The lowest BCUT2D eigenvalue weighted by molar-refractivity contribution is -0.161. The summed E-state index contributed by atoms with van der Waals surface area (Å²) >= 11 is 0. The van der Waals surface area contributed by atoms with Gasteiger partial charge in [-0.15, -0.1) is 0 Å². The van der Waals surface area contributed by atoms with Crippen LogP contribution in [-0.4, -0.2) is 80.8 Å². The molecule has 6 nitrogen and oxygen atoms in total. The molecule has 6 heteroatoms. The van der Waals surface area contributed by atoms with Crippen molar-refractivity contribution in [3.05, 3.63) is 29.8 Å². The second-order valence-electron chi connectivity index (χ2n) is 8.87. The molecule has 3 atom stereocenters. The molecule has 0 unspecified atom stereocenters. The number of nitrogens with zero attached hydrogens (tertiary/aromatic N) is 2. The fourth-order valence-electron chi connectivity index (χ4n) is 5.48. The molecule has 28 heavy (non-hydrogen) atoms. The maximum absolute atomic E-state index is 12.3. The highest BCUT2D eigenvalue weighted by Gasteiger charge is 2.61. The molecule has 1 aliphatic carbocycles. The van der Waals surface area contributed by atoms with Crippen LogP contribution in [0.25, 0.3) is 0 Å². The van der Waals surface area contributed by atoms with Crippen LogP contribution in [0.3, 0.4) is 0 Å². The van der Waals surface area contributed by atoms with Crippen molar-refractivity contribution in [1.29, 1.82) is 0 Å². The van der Waals surface area contributed by atoms with E-state index in [0.717, 1.165) is 51.0 Å². The SMILES string of the molecule is COc1ccc(C(=O)NCCN2CCN([C@@H]3[C@H]4CCO[C@@H]4C3(C)C)CC2)cc1. The third-order valence-corrected chi connectivity index (χ3v) is 6.90. The summed E-state index contributed by atoms with van der Waals surface area (Å²) in [5, 5.41) is 3.03. The largest absolute Gasteiger partial charge is 0.497 e. The number of benzene rings is 1. The molecule has 1 amide bonds. The number of piperazine rings is 1. The van der Waals surface area contributed by atoms with Crippen LogP contribution in [0.4, 0.5) is 0 Å². The summed E-state index contributed by atoms with van der Waals surface area (Å²) in [7, 11) is 1.63. The van der Waals surface area contributed by atoms with Crippen LogP contribution in [0.5, 0.6) is 5.75 Å². The van der Waals surface area contributed by atoms with Crippen LogP contribution in [0, 0.1) is 11.3 Å². The van der Waals surface area contributed by atoms with Gasteiger partial charge in [-0.1, -0.05) is 13.8 Å². The van der Waals surface area contributed by atoms with Gasteiger partial charge in [0.1, 0.15) is 5.75 Å². The Morgan fingerprint density at radius 1 is 1.21 bits per heavy atom. The van der Waals surface area contributed by atoms with E-state index < -0.39 is 0 Å². The minimum absolute atomic E-state index is 0.0234. The van der Waals surface area contributed by atoms with E-state index in [2.05, 4.69) is 29.0 Å². The normalized spacial score (nSPS) is 29.8. The number of rotatable bonds is 6. The summed E-state index contributed by atoms with van der Waals surface area (Å²) in [5.74, 6) is 1.47. The van der Waals surface area contributed by atoms with Gasteiger partial charge < -0.3 is 14.8 Å². The van der Waals surface area contributed by atoms with E-state index >= 15 is 0 Å². The highest BCUT2D eigenvalue weighted by Crippen LogP contribution is 2.54. The van der Waals surface area contributed by atoms with Crippen molar-refractivity contribution < 1.29 is 14.3 Å². The Morgan fingerprint density at radius 2 is 1.93 bits per heavy atom. The number of nitrogens with one attached hydrogen (secondary N) is 1. The molecule has 0 aromatic heterocycles. The van der Waals surface area contributed by atoms with Crippen LogP contribution in [0.2, 0.25) is 0 Å². The van der Waals surface area contributed by atoms with E-state index in [4.69, 9.17) is 9.47 Å². The summed E-state index contributed by atoms with van der Waals surface area (Å²) in [6.07, 6.45) is 1.68. The van der Waals surface area contributed by atoms with Crippen LogP contribution in [0.1, 0.15) is 30.6 Å². The highest BCUT2D eigenvalue weighted by atomic mass is 16.5. The number of carbonyl (C=O) groups excluding carboxylic acids is 1. The molecule has 2 aliphatic heterocycles. The summed E-state index contributed by atoms with van der Waals surface area (Å²) in [6, 6.07) is 7.89. The van der Waals surface area contributed by atoms with Crippen molar-refractivity contribution >= 4 is 5.91 Å². The third kappa shape index (κ3) is 3.65. The quantitative estimate of drug-likeness (QED) is 0.808. The molecule has 2 saturated heterocycles. The zero-order valence-corrected chi connectivity index (χ0v) is 17.3. The molecule has 0 radical (unpaired) electrons. The van der Waals surface area contributed by atoms with E-state index in [1.54, 1.807) is 19.2 Å². The van der Waals surface area contributed by atoms with Gasteiger partial charge in [0.15, 0.2) is 0 Å². The van der Waals surface area contributed by atoms with Gasteiger partial charge in [-0.25, -0.2) is 0 Å². The number of methoxy groups -OCH3 is 1. The Balaban J connectivity index is 1.19. The first kappa shape index (κ1) is 19.7. The molecular formula is C22H33N3O3. The predicted octanol–water partition coefficient (Wildman–Crippen LogP) is 1.86. The number of hydrogen-bond acceptors (Lipinski definition) is 5. The summed E-state index contributed by atoms with van der Waals surface area (Å²) in [6.45, 7) is 11.6. The third-order valence-electron chi connectivity index (χ3n) is 6.90. The lowest BCUT2D eigenvalue weighted by atomic mass is 9.56. The molecule has 1 aromatic rings. The van der Waals surface area contributed by atoms with Gasteiger partial charge in [0.2, 0.25) is 0 Å². The standard InChI is InChI=1S/C22H33N3O3/c1-22(2)19(18-8-15-28-20(18)22)25-13-11-24(12-14-25)10-9-23-21(26)16-4-6-17(27-3)7-5-16/h4-7,18-20H,8-15H2,1-3H3,(H,23,26)/t18-,19-,20+/m1/s1. The number of hydrogen-bond donors (Lipinski definition) is 1. The van der Waals surface area contributed by atoms with Crippen molar-refractivity contribution in [2.24, 2.45) is 11.3 Å². The average Bonchev–Trinajstić information content (AvgIpc) is 3.15. The fraction of sp³-hybridized carbons (Fsp3) is 0.682. The Labute approximate surface area is 168 Å². The van der Waals surface area contributed by atoms with Gasteiger partial charge >= 0.3 is 0 Å². The average molecular weight is 388 g/mol. The summed E-state index contributed by atoms with van der Waals surface area (Å²) in [4.78, 5) is 17.4. The van der Waals surface area contributed by atoms with Gasteiger partial charge in [-0.2, -0.15) is 0 Å². The fourth-order valence-corrected chi connectivity index (χ4v) is 5.48. The molecule has 3 fully saturated rings. The Bertz CT molecular complexity index is 683. The number of carbonyl (C=O) groups is 1. The Kier molecular flexibility index (Phi) is 5.63. The maximum Gasteiger partial charge on any atom is 0.251 e. The summed E-state index contributed by atoms with van der Waals surface area (Å²) in [5.41, 5.74) is 0.946. The minimum Gasteiger partial charge on any atom is -0.497 e. The van der Waals surface area contributed by atoms with E-state index in [1.165, 1.54) is 6.42 Å². The molecule has 2 heterocycles. The van der Waals surface area contributed by atoms with Crippen LogP contribution >= 0.6 is 0 Å². The van der Waals surface area contributed by atoms with Crippen molar-refractivity contribution in [1.82, 2.24) is 15.1 Å². The molecular weight excluding hydrogens is 354 g/mol. The van der Waals surface area contributed by atoms with E-state index in [-0.39, 0.29) is 11.3 Å². The minimum atomic E-state index is -0.0234. The van der Waals surface area contributed by atoms with Gasteiger partial charge in [-0.3, -0.25) is 14.6 Å². The first-order valence-corrected chi connectivity index (χ1v) is 10.5. The van der Waals surface area contributed by atoms with Crippen molar-refractivity contribution in [3.63, 3.8) is 0 Å². The second-order valence-corrected chi connectivity index (χ2v) is 8.87. The maximum atomic E-state index is 12.3. The lowest BCUT2D eigenvalue weighted by Crippen LogP contribution is -2.69. The monoisotopic (exact) mass is 387 g/mol. The lowest BCUT2D eigenvalue weighted by Gasteiger charge is -2.60. The van der Waals surface area contributed by atoms with E-state index in [0.29, 0.717) is 24.3 Å². The van der Waals surface area contributed by atoms with Crippen molar-refractivity contribution in [3.8, 4) is 5.75 Å². The molecule has 4 rings (SSSR count). The number of fused-ring (bicyclic) bond motifs is 1. The topological polar surface area (TPSA) is 54.0 Å². The first-order chi connectivity index (χ1) is 13.5. The summed E-state index contributed by atoms with van der Waals surface area (Å²) < 4.78 is 11.1. The molecule has 154 valence electrons. The highest BCUT2D eigenvalue weighted by molar-refractivity contribution is 5.94. The molecule has 1 aromatic carbocycles. The van der Waals surface area contributed by atoms with Crippen LogP contribution in [0.15, 0.2) is 24.3 Å². The van der Waals surface area contributed by atoms with Gasteiger partial charge in [0.25, 0.3) is 5.91 Å². The van der Waals surface area contributed by atoms with E-state index in [1.807, 2.05) is 12.1 Å². The number of ether oxygens (including phenoxy) is 2. The molecule has 0 spiro atoms. The Hall–Kier alpha value is -1.63. The smallest absolute Gasteiger partial charge is 0.251 e. The second kappa shape index (κ2) is 8.01. The predicted molar refractivity (Wildman–Crippen MR) is 109 cm³/mol. The molecule has 0 bridgehead atoms. The van der Waals surface area contributed by atoms with Gasteiger partial charge in [0.05, 0.1) is 13.2 Å². The first-order valence-electron chi connectivity index (χ1n) is 10.5. The zero-order valence-electron chi connectivity index (χ0n) is 17.3.